The summed E-state index contributed by atoms with van der Waals surface area (Å²) in [6.45, 7) is 3.60. The van der Waals surface area contributed by atoms with Crippen molar-refractivity contribution in [3.05, 3.63) is 41.7 Å². The van der Waals surface area contributed by atoms with Crippen molar-refractivity contribution < 1.29 is 14.2 Å². The predicted octanol–water partition coefficient (Wildman–Crippen LogP) is 2.44. The summed E-state index contributed by atoms with van der Waals surface area (Å²) in [5.74, 6) is 0.265. The number of hydrogen-bond acceptors (Lipinski definition) is 3. The fourth-order valence-electron chi connectivity index (χ4n) is 1.56. The molecule has 6 heteroatoms. The lowest BCUT2D eigenvalue weighted by Gasteiger charge is -2.02. The van der Waals surface area contributed by atoms with Gasteiger partial charge in [-0.3, -0.25) is 0 Å². The van der Waals surface area contributed by atoms with E-state index in [-0.39, 0.29) is 6.10 Å². The molecule has 104 valence electrons. The molecule has 1 N–H and O–H groups in total. The van der Waals surface area contributed by atoms with Crippen LogP contribution in [0.25, 0.3) is 17.6 Å². The molecule has 0 saturated heterocycles. The Bertz CT molecular complexity index is 635. The van der Waals surface area contributed by atoms with Crippen molar-refractivity contribution in [2.45, 2.75) is 20.0 Å². The highest BCUT2D eigenvalue weighted by molar-refractivity contribution is 6.30. The van der Waals surface area contributed by atoms with Gasteiger partial charge in [0, 0.05) is 10.6 Å². The Morgan fingerprint density at radius 3 is 3.00 bits per heavy atom. The number of nitrogens with zero attached hydrogens (tertiary/aromatic N) is 2. The largest absolute Gasteiger partial charge is 0.460 e. The van der Waals surface area contributed by atoms with E-state index in [4.69, 9.17) is 16.3 Å². The highest BCUT2D eigenvalue weighted by Gasteiger charge is 2.10. The van der Waals surface area contributed by atoms with Gasteiger partial charge in [0.1, 0.15) is 6.20 Å². The second kappa shape index (κ2) is 6.34. The van der Waals surface area contributed by atoms with E-state index in [0.717, 1.165) is 5.56 Å². The summed E-state index contributed by atoms with van der Waals surface area (Å²) < 4.78 is 6.56. The van der Waals surface area contributed by atoms with Crippen molar-refractivity contribution in [1.82, 2.24) is 10.1 Å². The third-order valence-corrected chi connectivity index (χ3v) is 2.60. The molecule has 0 unspecified atom stereocenters. The van der Waals surface area contributed by atoms with Crippen LogP contribution in [-0.2, 0) is 9.53 Å². The van der Waals surface area contributed by atoms with Crippen molar-refractivity contribution in [1.29, 1.82) is 0 Å². The highest BCUT2D eigenvalue weighted by Crippen LogP contribution is 2.17. The van der Waals surface area contributed by atoms with Crippen LogP contribution < -0.4 is 4.68 Å². The van der Waals surface area contributed by atoms with Gasteiger partial charge in [-0.25, -0.2) is 4.79 Å². The average Bonchev–Trinajstić information content (AvgIpc) is 2.84. The first-order chi connectivity index (χ1) is 9.54. The van der Waals surface area contributed by atoms with Crippen molar-refractivity contribution in [2.75, 3.05) is 0 Å². The molecule has 0 amide bonds. The summed E-state index contributed by atoms with van der Waals surface area (Å²) in [7, 11) is 0. The van der Waals surface area contributed by atoms with Crippen molar-refractivity contribution in [2.24, 2.45) is 0 Å². The van der Waals surface area contributed by atoms with Gasteiger partial charge in [0.25, 0.3) is 5.82 Å². The molecule has 1 heterocycles. The number of carbonyl (C=O) groups excluding carboxylic acids is 1. The second-order valence-corrected chi connectivity index (χ2v) is 4.86. The van der Waals surface area contributed by atoms with Crippen LogP contribution in [-0.4, -0.2) is 22.2 Å². The molecule has 0 radical (unpaired) electrons. The number of H-pyrrole nitrogens is 1. The second-order valence-electron chi connectivity index (χ2n) is 4.42. The Morgan fingerprint density at radius 1 is 1.50 bits per heavy atom. The van der Waals surface area contributed by atoms with Crippen LogP contribution in [0, 0.1) is 0 Å². The van der Waals surface area contributed by atoms with Crippen LogP contribution in [0.2, 0.25) is 5.02 Å². The Morgan fingerprint density at radius 2 is 2.30 bits per heavy atom. The molecule has 2 aromatic rings. The first kappa shape index (κ1) is 14.3. The summed E-state index contributed by atoms with van der Waals surface area (Å²) in [4.78, 5) is 15.6. The molecule has 0 spiro atoms. The zero-order valence-corrected chi connectivity index (χ0v) is 12.0. The standard InChI is InChI=1S/C14H14ClN3O2/c1-10(2)20-13(19)6-7-18-9-16-14(17-18)11-4-3-5-12(15)8-11/h3-10H,1-2H3/p+1. The van der Waals surface area contributed by atoms with E-state index < -0.39 is 5.97 Å². The van der Waals surface area contributed by atoms with E-state index in [1.54, 1.807) is 37.1 Å². The van der Waals surface area contributed by atoms with E-state index >= 15 is 0 Å². The third-order valence-electron chi connectivity index (χ3n) is 2.37. The Labute approximate surface area is 121 Å². The van der Waals surface area contributed by atoms with Crippen LogP contribution in [0.1, 0.15) is 13.8 Å². The lowest BCUT2D eigenvalue weighted by Crippen LogP contribution is -2.27. The Hall–Kier alpha value is -2.14. The summed E-state index contributed by atoms with van der Waals surface area (Å²) >= 11 is 5.93. The van der Waals surface area contributed by atoms with Crippen LogP contribution in [0.4, 0.5) is 0 Å². The first-order valence-corrected chi connectivity index (χ1v) is 6.53. The number of rotatable bonds is 4. The minimum atomic E-state index is -0.397. The fourth-order valence-corrected chi connectivity index (χ4v) is 1.75. The number of esters is 1. The molecular formula is C14H15ClN3O2+. The molecule has 20 heavy (non-hydrogen) atoms. The van der Waals surface area contributed by atoms with E-state index in [9.17, 15) is 4.79 Å². The fraction of sp³-hybridized carbons (Fsp3) is 0.214. The molecule has 0 aliphatic rings. The van der Waals surface area contributed by atoms with Gasteiger partial charge in [0.15, 0.2) is 0 Å². The van der Waals surface area contributed by atoms with Gasteiger partial charge in [-0.15, -0.1) is 4.68 Å². The van der Waals surface area contributed by atoms with Crippen molar-refractivity contribution in [3.63, 3.8) is 0 Å². The molecule has 0 saturated carbocycles. The number of benzene rings is 1. The Balaban J connectivity index is 2.10. The van der Waals surface area contributed by atoms with Crippen molar-refractivity contribution >= 4 is 23.8 Å². The number of aromatic nitrogens is 3. The van der Waals surface area contributed by atoms with E-state index in [2.05, 4.69) is 10.1 Å². The third kappa shape index (κ3) is 3.93. The van der Waals surface area contributed by atoms with Gasteiger partial charge < -0.3 is 4.74 Å². The zero-order chi connectivity index (χ0) is 14.5. The normalized spacial score (nSPS) is 11.2. The van der Waals surface area contributed by atoms with E-state index in [1.165, 1.54) is 6.08 Å². The topological polar surface area (TPSA) is 58.9 Å². The smallest absolute Gasteiger partial charge is 0.334 e. The molecule has 2 rings (SSSR count). The number of ether oxygens (including phenoxy) is 1. The number of aromatic amines is 1. The van der Waals surface area contributed by atoms with E-state index in [0.29, 0.717) is 10.8 Å². The SMILES string of the molecule is CC(C)OC(=O)C=C[n+]1cnc(-c2cccc(Cl)c2)[nH]1. The van der Waals surface area contributed by atoms with Gasteiger partial charge in [0.2, 0.25) is 0 Å². The number of halogens is 1. The highest BCUT2D eigenvalue weighted by atomic mass is 35.5. The molecule has 0 fully saturated rings. The maximum Gasteiger partial charge on any atom is 0.334 e. The number of carbonyl (C=O) groups is 1. The number of nitrogens with one attached hydrogen (secondary N) is 1. The lowest BCUT2D eigenvalue weighted by molar-refractivity contribution is -0.630. The van der Waals surface area contributed by atoms with Crippen LogP contribution in [0.15, 0.2) is 36.7 Å². The molecule has 0 bridgehead atoms. The summed E-state index contributed by atoms with van der Waals surface area (Å²) in [6, 6.07) is 7.34. The average molecular weight is 293 g/mol. The predicted molar refractivity (Wildman–Crippen MR) is 75.8 cm³/mol. The van der Waals surface area contributed by atoms with Crippen LogP contribution in [0.5, 0.6) is 0 Å². The maximum absolute atomic E-state index is 11.4. The first-order valence-electron chi connectivity index (χ1n) is 6.15. The minimum Gasteiger partial charge on any atom is -0.460 e. The minimum absolute atomic E-state index is 0.138. The molecular weight excluding hydrogens is 278 g/mol. The Kier molecular flexibility index (Phi) is 4.53. The molecule has 1 aromatic heterocycles. The van der Waals surface area contributed by atoms with Gasteiger partial charge >= 0.3 is 12.3 Å². The monoisotopic (exact) mass is 292 g/mol. The number of hydrogen-bond donors (Lipinski definition) is 1. The summed E-state index contributed by atoms with van der Waals surface area (Å²) in [5.41, 5.74) is 0.870. The summed E-state index contributed by atoms with van der Waals surface area (Å²) in [6.07, 6.45) is 4.31. The van der Waals surface area contributed by atoms with Gasteiger partial charge in [-0.05, 0) is 37.0 Å². The lowest BCUT2D eigenvalue weighted by atomic mass is 10.2. The molecule has 0 atom stereocenters. The molecule has 0 aliphatic heterocycles. The maximum atomic E-state index is 11.4. The molecule has 1 aromatic carbocycles. The van der Waals surface area contributed by atoms with Gasteiger partial charge in [-0.2, -0.15) is 5.10 Å². The van der Waals surface area contributed by atoms with E-state index in [1.807, 2.05) is 18.2 Å². The quantitative estimate of drug-likeness (QED) is 0.535. The zero-order valence-electron chi connectivity index (χ0n) is 11.2. The molecule has 0 aliphatic carbocycles. The van der Waals surface area contributed by atoms with Gasteiger partial charge in [0.05, 0.1) is 12.2 Å². The summed E-state index contributed by atoms with van der Waals surface area (Å²) in [5, 5.41) is 3.66. The van der Waals surface area contributed by atoms with Crippen LogP contribution in [0.3, 0.4) is 0 Å². The van der Waals surface area contributed by atoms with Crippen molar-refractivity contribution in [3.8, 4) is 11.4 Å². The molecule has 5 nitrogen and oxygen atoms in total. The van der Waals surface area contributed by atoms with Gasteiger partial charge in [-0.1, -0.05) is 17.7 Å². The van der Waals surface area contributed by atoms with Crippen LogP contribution >= 0.6 is 11.6 Å².